The number of amides is 5. The zero-order valence-electron chi connectivity index (χ0n) is 30.4. The number of carbonyl (C=O) groups excluding carboxylic acids is 5. The van der Waals surface area contributed by atoms with Crippen LogP contribution in [0.1, 0.15) is 95.6 Å². The number of benzene rings is 1. The van der Waals surface area contributed by atoms with Crippen molar-refractivity contribution in [2.45, 2.75) is 138 Å². The largest absolute Gasteiger partial charge is 0.444 e. The second-order valence-corrected chi connectivity index (χ2v) is 17.6. The molecule has 0 aromatic heterocycles. The molecular formula is C36H48F3N5O9S. The number of alkyl carbamates (subject to hydrolysis) is 1. The molecule has 0 radical (unpaired) electrons. The fourth-order valence-electron chi connectivity index (χ4n) is 7.58. The van der Waals surface area contributed by atoms with Crippen LogP contribution in [0.3, 0.4) is 0 Å². The van der Waals surface area contributed by atoms with Crippen LogP contribution in [0.5, 0.6) is 0 Å². The Balaban J connectivity index is 1.24. The SMILES string of the molecule is CC(C)(OC(=O)N[C@H]1CCCCCCC[C@@H]2C[C@@]2(C(=O)NS(=O)(=O)C2CC2)NC(=O)[C@@H]2C[C@@H](OC(=O)N3CCc4ccccc4C3)CN2C1=O)C(F)(F)F. The van der Waals surface area contributed by atoms with E-state index in [0.717, 1.165) is 22.4 Å². The quantitative estimate of drug-likeness (QED) is 0.387. The van der Waals surface area contributed by atoms with Gasteiger partial charge in [-0.15, -0.1) is 0 Å². The Morgan fingerprint density at radius 3 is 2.31 bits per heavy atom. The number of rotatable bonds is 6. The third-order valence-corrected chi connectivity index (χ3v) is 13.0. The fraction of sp³-hybridized carbons (Fsp3) is 0.694. The number of ether oxygens (including phenoxy) is 2. The maximum Gasteiger partial charge on any atom is 0.427 e. The second-order valence-electron chi connectivity index (χ2n) is 15.7. The topological polar surface area (TPSA) is 181 Å². The van der Waals surface area contributed by atoms with Crippen molar-refractivity contribution in [2.75, 3.05) is 13.1 Å². The minimum atomic E-state index is -4.90. The number of nitrogens with zero attached hydrogens (tertiary/aromatic N) is 2. The molecule has 18 heteroatoms. The van der Waals surface area contributed by atoms with Gasteiger partial charge in [0.1, 0.15) is 23.7 Å². The molecule has 0 spiro atoms. The number of sulfonamides is 1. The number of nitrogens with one attached hydrogen (secondary N) is 3. The first-order chi connectivity index (χ1) is 25.4. The van der Waals surface area contributed by atoms with Crippen LogP contribution < -0.4 is 15.4 Å². The average molecular weight is 784 g/mol. The molecule has 3 heterocycles. The number of carbonyl (C=O) groups is 5. The molecule has 2 saturated heterocycles. The third kappa shape index (κ3) is 8.73. The van der Waals surface area contributed by atoms with Crippen molar-refractivity contribution < 1.29 is 55.0 Å². The molecule has 5 atom stereocenters. The molecule has 0 bridgehead atoms. The minimum Gasteiger partial charge on any atom is -0.444 e. The minimum absolute atomic E-state index is 0.0247. The summed E-state index contributed by atoms with van der Waals surface area (Å²) in [6, 6.07) is 4.93. The van der Waals surface area contributed by atoms with Crippen molar-refractivity contribution in [1.82, 2.24) is 25.2 Å². The zero-order valence-corrected chi connectivity index (χ0v) is 31.2. The van der Waals surface area contributed by atoms with Crippen LogP contribution >= 0.6 is 0 Å². The van der Waals surface area contributed by atoms with Gasteiger partial charge in [0.05, 0.1) is 11.8 Å². The zero-order chi connectivity index (χ0) is 39.1. The van der Waals surface area contributed by atoms with Crippen molar-refractivity contribution >= 4 is 39.9 Å². The van der Waals surface area contributed by atoms with E-state index in [9.17, 15) is 45.6 Å². The van der Waals surface area contributed by atoms with Gasteiger partial charge in [-0.1, -0.05) is 56.4 Å². The van der Waals surface area contributed by atoms with Gasteiger partial charge in [0.15, 0.2) is 0 Å². The lowest BCUT2D eigenvalue weighted by molar-refractivity contribution is -0.244. The molecule has 5 aliphatic rings. The van der Waals surface area contributed by atoms with Gasteiger partial charge in [-0.3, -0.25) is 19.1 Å². The first-order valence-electron chi connectivity index (χ1n) is 18.7. The Kier molecular flexibility index (Phi) is 11.2. The summed E-state index contributed by atoms with van der Waals surface area (Å²) in [7, 11) is -3.95. The molecule has 2 saturated carbocycles. The Bertz CT molecular complexity index is 1750. The molecule has 0 unspecified atom stereocenters. The van der Waals surface area contributed by atoms with Gasteiger partial charge < -0.3 is 29.9 Å². The summed E-state index contributed by atoms with van der Waals surface area (Å²) in [4.78, 5) is 71.0. The molecule has 54 heavy (non-hydrogen) atoms. The summed E-state index contributed by atoms with van der Waals surface area (Å²) in [6.45, 7) is 1.74. The van der Waals surface area contributed by atoms with E-state index in [-0.39, 0.29) is 31.7 Å². The van der Waals surface area contributed by atoms with E-state index < -0.39 is 80.7 Å². The van der Waals surface area contributed by atoms with Crippen LogP contribution in [0, 0.1) is 5.92 Å². The van der Waals surface area contributed by atoms with Crippen LogP contribution in [0.2, 0.25) is 0 Å². The van der Waals surface area contributed by atoms with Crippen LogP contribution in [-0.2, 0) is 46.8 Å². The highest BCUT2D eigenvalue weighted by Gasteiger charge is 2.62. The van der Waals surface area contributed by atoms with E-state index in [1.165, 1.54) is 4.90 Å². The van der Waals surface area contributed by atoms with Gasteiger partial charge in [0.25, 0.3) is 5.91 Å². The summed E-state index contributed by atoms with van der Waals surface area (Å²) in [5.41, 5.74) is -2.36. The smallest absolute Gasteiger partial charge is 0.427 e. The van der Waals surface area contributed by atoms with Gasteiger partial charge in [-0.25, -0.2) is 18.0 Å². The van der Waals surface area contributed by atoms with Crippen LogP contribution in [0.4, 0.5) is 22.8 Å². The Morgan fingerprint density at radius 2 is 1.63 bits per heavy atom. The molecule has 2 aliphatic carbocycles. The van der Waals surface area contributed by atoms with Gasteiger partial charge in [0, 0.05) is 19.5 Å². The fourth-order valence-corrected chi connectivity index (χ4v) is 8.95. The number of alkyl halides is 3. The monoisotopic (exact) mass is 783 g/mol. The first-order valence-corrected chi connectivity index (χ1v) is 20.2. The molecule has 3 N–H and O–H groups in total. The Hall–Kier alpha value is -4.09. The molecule has 3 aliphatic heterocycles. The van der Waals surface area contributed by atoms with Gasteiger partial charge >= 0.3 is 18.4 Å². The molecule has 298 valence electrons. The summed E-state index contributed by atoms with van der Waals surface area (Å²) in [5, 5.41) is 4.37. The van der Waals surface area contributed by atoms with Crippen molar-refractivity contribution in [3.63, 3.8) is 0 Å². The number of halogens is 3. The predicted octanol–water partition coefficient (Wildman–Crippen LogP) is 3.81. The maximum absolute atomic E-state index is 14.3. The van der Waals surface area contributed by atoms with Crippen LogP contribution in [0.15, 0.2) is 24.3 Å². The van der Waals surface area contributed by atoms with Crippen molar-refractivity contribution in [3.8, 4) is 0 Å². The number of fused-ring (bicyclic) bond motifs is 3. The molecule has 4 fully saturated rings. The summed E-state index contributed by atoms with van der Waals surface area (Å²) in [5.74, 6) is -2.80. The summed E-state index contributed by atoms with van der Waals surface area (Å²) in [6.07, 6.45) is -2.88. The normalized spacial score (nSPS) is 28.2. The van der Waals surface area contributed by atoms with Crippen LogP contribution in [-0.4, -0.2) is 102 Å². The lowest BCUT2D eigenvalue weighted by Crippen LogP contribution is -2.58. The standard InChI is InChI=1S/C36H48F3N5O9S/c1-34(2,36(37,38)39)53-32(48)40-27-13-7-5-3-4-6-12-24-19-35(24,31(47)42-54(50,51)26-14-15-26)41-29(45)28-18-25(21-44(28)30(27)46)52-33(49)43-17-16-22-10-8-9-11-23(22)20-43/h8-11,24-28H,3-7,12-21H2,1-2H3,(H,40,48)(H,41,45)(H,42,47)/t24-,25-,27+,28+,35-/m1/s1. The van der Waals surface area contributed by atoms with Crippen molar-refractivity contribution in [3.05, 3.63) is 35.4 Å². The Morgan fingerprint density at radius 1 is 0.963 bits per heavy atom. The number of hydrogen-bond donors (Lipinski definition) is 3. The molecule has 1 aromatic rings. The van der Waals surface area contributed by atoms with Crippen molar-refractivity contribution in [2.24, 2.45) is 5.92 Å². The summed E-state index contributed by atoms with van der Waals surface area (Å²) < 4.78 is 78.9. The molecule has 6 rings (SSSR count). The molecule has 14 nitrogen and oxygen atoms in total. The number of hydrogen-bond acceptors (Lipinski definition) is 9. The average Bonchev–Trinajstić information content (AvgIpc) is 4.03. The molecular weight excluding hydrogens is 735 g/mol. The van der Waals surface area contributed by atoms with E-state index >= 15 is 0 Å². The van der Waals surface area contributed by atoms with Gasteiger partial charge in [-0.05, 0) is 69.4 Å². The highest BCUT2D eigenvalue weighted by atomic mass is 32.2. The van der Waals surface area contributed by atoms with E-state index in [4.69, 9.17) is 9.47 Å². The lowest BCUT2D eigenvalue weighted by Gasteiger charge is -2.31. The van der Waals surface area contributed by atoms with Gasteiger partial charge in [0.2, 0.25) is 27.4 Å². The predicted molar refractivity (Wildman–Crippen MR) is 186 cm³/mol. The highest BCUT2D eigenvalue weighted by molar-refractivity contribution is 7.91. The van der Waals surface area contributed by atoms with E-state index in [2.05, 4.69) is 15.4 Å². The van der Waals surface area contributed by atoms with Crippen molar-refractivity contribution in [1.29, 1.82) is 0 Å². The second kappa shape index (κ2) is 15.2. The molecule has 1 aromatic carbocycles. The van der Waals surface area contributed by atoms with E-state index in [1.807, 2.05) is 24.3 Å². The first kappa shape index (κ1) is 39.6. The third-order valence-electron chi connectivity index (χ3n) is 11.2. The van der Waals surface area contributed by atoms with Gasteiger partial charge in [-0.2, -0.15) is 13.2 Å². The highest BCUT2D eigenvalue weighted by Crippen LogP contribution is 2.48. The van der Waals surface area contributed by atoms with E-state index in [0.29, 0.717) is 78.3 Å². The van der Waals surface area contributed by atoms with Crippen LogP contribution in [0.25, 0.3) is 0 Å². The van der Waals surface area contributed by atoms with E-state index in [1.54, 1.807) is 0 Å². The lowest BCUT2D eigenvalue weighted by atomic mass is 10.0. The molecule has 5 amide bonds. The summed E-state index contributed by atoms with van der Waals surface area (Å²) >= 11 is 0. The maximum atomic E-state index is 14.3. The Labute approximate surface area is 312 Å².